The summed E-state index contributed by atoms with van der Waals surface area (Å²) in [4.78, 5) is 13.3. The number of carbonyl (C=O) groups excluding carboxylic acids is 1. The summed E-state index contributed by atoms with van der Waals surface area (Å²) in [6.45, 7) is 1.78. The molecule has 0 aliphatic rings. The monoisotopic (exact) mass is 811 g/mol. The zero-order chi connectivity index (χ0) is 34.1. The molecule has 17 nitrogen and oxygen atoms in total. The smallest absolute Gasteiger partial charge is 0.748 e. The molecule has 0 atom stereocenters. The van der Waals surface area contributed by atoms with Crippen LogP contribution < -0.4 is 164 Å². The topological polar surface area (TPSA) is 270 Å². The minimum Gasteiger partial charge on any atom is -0.748 e. The van der Waals surface area contributed by atoms with Gasteiger partial charge in [-0.2, -0.15) is 10.4 Å². The van der Waals surface area contributed by atoms with E-state index < -0.39 is 52.7 Å². The molecule has 1 amide bonds. The van der Waals surface area contributed by atoms with Crippen molar-refractivity contribution in [2.75, 3.05) is 34.8 Å². The van der Waals surface area contributed by atoms with Crippen LogP contribution in [0.1, 0.15) is 38.2 Å². The Morgan fingerprint density at radius 3 is 1.90 bits per heavy atom. The van der Waals surface area contributed by atoms with Gasteiger partial charge < -0.3 is 23.9 Å². The summed E-state index contributed by atoms with van der Waals surface area (Å²) >= 11 is 0. The van der Waals surface area contributed by atoms with Gasteiger partial charge in [0.15, 0.2) is 5.82 Å². The summed E-state index contributed by atoms with van der Waals surface area (Å²) < 4.78 is 101. The first-order valence-corrected chi connectivity index (χ1v) is 18.0. The third kappa shape index (κ3) is 17.6. The number of unbranched alkanes of at least 4 members (excludes halogenated alkanes) is 2. The van der Waals surface area contributed by atoms with Crippen LogP contribution in [0.15, 0.2) is 63.8 Å². The molecule has 248 valence electrons. The zero-order valence-electron chi connectivity index (χ0n) is 27.3. The van der Waals surface area contributed by atoms with Crippen molar-refractivity contribution in [3.63, 3.8) is 0 Å². The van der Waals surface area contributed by atoms with Crippen molar-refractivity contribution in [1.82, 2.24) is 9.78 Å². The van der Waals surface area contributed by atoms with Crippen molar-refractivity contribution in [2.45, 2.75) is 37.5 Å². The average Bonchev–Trinajstić information content (AvgIpc) is 3.36. The summed E-state index contributed by atoms with van der Waals surface area (Å²) in [6, 6.07) is 11.3. The van der Waals surface area contributed by atoms with Crippen LogP contribution in [0.3, 0.4) is 0 Å². The van der Waals surface area contributed by atoms with E-state index in [2.05, 4.69) is 20.6 Å². The molecule has 0 aliphatic heterocycles. The van der Waals surface area contributed by atoms with Crippen molar-refractivity contribution >= 4 is 59.1 Å². The van der Waals surface area contributed by atoms with Gasteiger partial charge in [-0.05, 0) is 68.1 Å². The quantitative estimate of drug-likeness (QED) is 0.0611. The van der Waals surface area contributed by atoms with Crippen molar-refractivity contribution in [1.29, 1.82) is 5.26 Å². The average molecular weight is 812 g/mol. The van der Waals surface area contributed by atoms with E-state index >= 15 is 0 Å². The molecule has 0 spiro atoms. The van der Waals surface area contributed by atoms with Crippen molar-refractivity contribution in [3.05, 3.63) is 54.2 Å². The minimum atomic E-state index is -4.69. The molecule has 3 rings (SSSR count). The number of aromatic nitrogens is 2. The van der Waals surface area contributed by atoms with Gasteiger partial charge in [0.1, 0.15) is 27.4 Å². The fourth-order valence-corrected chi connectivity index (χ4v) is 5.78. The summed E-state index contributed by atoms with van der Waals surface area (Å²) in [7, 11) is -13.5. The van der Waals surface area contributed by atoms with Crippen LogP contribution >= 0.6 is 0 Å². The number of nitrogens with one attached hydrogen (secondary N) is 1. The number of azo groups is 1. The maximum atomic E-state index is 12.0. The second-order valence-corrected chi connectivity index (χ2v) is 14.3. The van der Waals surface area contributed by atoms with Gasteiger partial charge in [0.2, 0.25) is 5.91 Å². The number of hydrogen-bond acceptors (Lipinski definition) is 15. The van der Waals surface area contributed by atoms with Gasteiger partial charge in [0.25, 0.3) is 0 Å². The Kier molecular flexibility index (Phi) is 23.1. The molecule has 23 heteroatoms. The largest absolute Gasteiger partial charge is 1.00 e. The zero-order valence-corrected chi connectivity index (χ0v) is 39.1. The first-order chi connectivity index (χ1) is 21.5. The molecule has 0 saturated carbocycles. The third-order valence-corrected chi connectivity index (χ3v) is 8.71. The summed E-state index contributed by atoms with van der Waals surface area (Å²) in [5.74, 6) is -1.62. The number of nitriles is 1. The van der Waals surface area contributed by atoms with Gasteiger partial charge in [0, 0.05) is 37.2 Å². The second kappa shape index (κ2) is 22.8. The van der Waals surface area contributed by atoms with E-state index in [1.165, 1.54) is 36.0 Å². The van der Waals surface area contributed by atoms with Crippen molar-refractivity contribution in [3.8, 4) is 11.8 Å². The maximum absolute atomic E-state index is 12.0. The Hall–Kier alpha value is 0.649. The van der Waals surface area contributed by atoms with E-state index in [0.717, 1.165) is 12.1 Å². The van der Waals surface area contributed by atoms with E-state index in [0.29, 0.717) is 18.5 Å². The Morgan fingerprint density at radius 1 is 0.878 bits per heavy atom. The number of anilines is 2. The first-order valence-electron chi connectivity index (χ1n) is 13.5. The van der Waals surface area contributed by atoms with Crippen LogP contribution in [0.4, 0.5) is 22.9 Å². The minimum absolute atomic E-state index is 0. The van der Waals surface area contributed by atoms with Gasteiger partial charge in [-0.1, -0.05) is 0 Å². The standard InChI is InChI=1S/C26H31N7O10S3.3K/c1-19(34)29-25-16-22(32(12-2-4-14-44(35,36)37)13-3-5-15-45(38,39)40)8-11-24(25)30-31-26-20(17-27)18-28-33(26)21-6-9-23(10-7-21)46(41,42)43;;;/h6-11,16,18H,2-5,12-15H2,1H3,(H,29,34)(H,35,36,37)(H,38,39,40)(H,41,42,43);;;/q;3*+1/p-3. The summed E-state index contributed by atoms with van der Waals surface area (Å²) in [5.41, 5.74) is 1.14. The molecule has 0 unspecified atom stereocenters. The Labute approximate surface area is 412 Å². The second-order valence-electron chi connectivity index (χ2n) is 9.86. The van der Waals surface area contributed by atoms with Gasteiger partial charge in [-0.3, -0.25) is 4.79 Å². The van der Waals surface area contributed by atoms with Gasteiger partial charge >= 0.3 is 154 Å². The Balaban J connectivity index is 0.00000768. The van der Waals surface area contributed by atoms with Gasteiger partial charge in [-0.15, -0.1) is 10.2 Å². The van der Waals surface area contributed by atoms with Crippen LogP contribution in [0, 0.1) is 11.3 Å². The predicted molar refractivity (Wildman–Crippen MR) is 161 cm³/mol. The number of nitrogens with zero attached hydrogens (tertiary/aromatic N) is 6. The first kappa shape index (κ1) is 49.6. The fraction of sp³-hybridized carbons (Fsp3) is 0.346. The molecule has 0 saturated heterocycles. The molecular weight excluding hydrogens is 784 g/mol. The number of amides is 1. The fourth-order valence-electron chi connectivity index (χ4n) is 4.19. The molecule has 0 radical (unpaired) electrons. The number of carbonyl (C=O) groups is 1. The molecule has 2 aromatic carbocycles. The number of hydrogen-bond donors (Lipinski definition) is 1. The van der Waals surface area contributed by atoms with E-state index in [9.17, 15) is 49.0 Å². The SMILES string of the molecule is CC(=O)Nc1cc(N(CCCCS(=O)(=O)[O-])CCCCS(=O)(=O)[O-])ccc1N=Nc1c(C#N)cnn1-c1ccc(S(=O)(=O)[O-])cc1.[K+].[K+].[K+]. The van der Waals surface area contributed by atoms with Crippen LogP contribution in [0.5, 0.6) is 0 Å². The number of benzene rings is 2. The van der Waals surface area contributed by atoms with Crippen LogP contribution in [0.25, 0.3) is 5.69 Å². The molecule has 1 aromatic heterocycles. The van der Waals surface area contributed by atoms with Crippen LogP contribution in [0.2, 0.25) is 0 Å². The molecule has 3 aromatic rings. The van der Waals surface area contributed by atoms with Crippen molar-refractivity contribution in [2.24, 2.45) is 10.2 Å². The molecular formula is C26H28K3N7O10S3. The van der Waals surface area contributed by atoms with E-state index in [4.69, 9.17) is 0 Å². The predicted octanol–water partition coefficient (Wildman–Crippen LogP) is -6.51. The molecule has 49 heavy (non-hydrogen) atoms. The third-order valence-electron chi connectivity index (χ3n) is 6.29. The molecule has 0 fully saturated rings. The molecule has 0 aliphatic carbocycles. The molecule has 0 bridgehead atoms. The van der Waals surface area contributed by atoms with Gasteiger partial charge in [0.05, 0.1) is 42.7 Å². The van der Waals surface area contributed by atoms with Crippen LogP contribution in [-0.4, -0.2) is 79.2 Å². The maximum Gasteiger partial charge on any atom is 1.00 e. The number of rotatable bonds is 16. The normalized spacial score (nSPS) is 11.5. The van der Waals surface area contributed by atoms with Gasteiger partial charge in [-0.25, -0.2) is 29.9 Å². The Morgan fingerprint density at radius 2 is 1.43 bits per heavy atom. The van der Waals surface area contributed by atoms with E-state index in [1.54, 1.807) is 17.0 Å². The molecule has 1 heterocycles. The summed E-state index contributed by atoms with van der Waals surface area (Å²) in [6.07, 6.45) is 1.94. The molecule has 1 N–H and O–H groups in total. The van der Waals surface area contributed by atoms with E-state index in [1.807, 2.05) is 6.07 Å². The van der Waals surface area contributed by atoms with Crippen molar-refractivity contribution < 1.29 is 198 Å². The Bertz CT molecular complexity index is 1930. The van der Waals surface area contributed by atoms with Crippen LogP contribution in [-0.2, 0) is 35.1 Å². The van der Waals surface area contributed by atoms with E-state index in [-0.39, 0.29) is 209 Å². The summed E-state index contributed by atoms with van der Waals surface area (Å²) in [5, 5.41) is 24.6.